The first-order valence-corrected chi connectivity index (χ1v) is 7.07. The van der Waals surface area contributed by atoms with E-state index in [1.54, 1.807) is 11.8 Å². The van der Waals surface area contributed by atoms with Crippen molar-refractivity contribution in [1.29, 1.82) is 5.26 Å². The summed E-state index contributed by atoms with van der Waals surface area (Å²) in [6, 6.07) is 2.49. The molecule has 0 bridgehead atoms. The number of thioether (sulfide) groups is 1. The van der Waals surface area contributed by atoms with Gasteiger partial charge in [0.15, 0.2) is 0 Å². The van der Waals surface area contributed by atoms with Crippen LogP contribution in [0.2, 0.25) is 0 Å². The van der Waals surface area contributed by atoms with Crippen LogP contribution in [0.4, 0.5) is 0 Å². The van der Waals surface area contributed by atoms with Gasteiger partial charge in [-0.15, -0.1) is 11.8 Å². The van der Waals surface area contributed by atoms with E-state index in [1.165, 1.54) is 13.0 Å². The van der Waals surface area contributed by atoms with Gasteiger partial charge < -0.3 is 4.90 Å². The van der Waals surface area contributed by atoms with Gasteiger partial charge in [-0.2, -0.15) is 5.26 Å². The average molecular weight is 226 g/mol. The molecule has 1 atom stereocenters. The SMILES string of the molecule is CCC(C)CN1CCC(C#N)(SC)CC1. The Morgan fingerprint density at radius 2 is 2.07 bits per heavy atom. The molecule has 1 aliphatic heterocycles. The van der Waals surface area contributed by atoms with Crippen LogP contribution in [0.5, 0.6) is 0 Å². The molecule has 86 valence electrons. The van der Waals surface area contributed by atoms with Crippen LogP contribution >= 0.6 is 11.8 Å². The fraction of sp³-hybridized carbons (Fsp3) is 0.917. The number of rotatable bonds is 4. The second-order valence-corrected chi connectivity index (χ2v) is 5.81. The van der Waals surface area contributed by atoms with Gasteiger partial charge in [0.25, 0.3) is 0 Å². The van der Waals surface area contributed by atoms with Gasteiger partial charge in [-0.25, -0.2) is 0 Å². The maximum absolute atomic E-state index is 9.17. The lowest BCUT2D eigenvalue weighted by molar-refractivity contribution is 0.189. The van der Waals surface area contributed by atoms with Crippen molar-refractivity contribution in [1.82, 2.24) is 4.90 Å². The zero-order valence-corrected chi connectivity index (χ0v) is 10.9. The monoisotopic (exact) mass is 226 g/mol. The molecule has 0 aliphatic carbocycles. The Bertz CT molecular complexity index is 226. The summed E-state index contributed by atoms with van der Waals surface area (Å²) < 4.78 is -0.0913. The summed E-state index contributed by atoms with van der Waals surface area (Å²) in [4.78, 5) is 2.51. The molecule has 1 unspecified atom stereocenters. The lowest BCUT2D eigenvalue weighted by atomic mass is 9.96. The zero-order chi connectivity index (χ0) is 11.3. The third-order valence-electron chi connectivity index (χ3n) is 3.53. The molecule has 0 aromatic heterocycles. The van der Waals surface area contributed by atoms with Crippen LogP contribution in [0, 0.1) is 17.2 Å². The van der Waals surface area contributed by atoms with Gasteiger partial charge in [0, 0.05) is 19.6 Å². The molecule has 0 aromatic carbocycles. The van der Waals surface area contributed by atoms with Gasteiger partial charge in [0.2, 0.25) is 0 Å². The first-order valence-electron chi connectivity index (χ1n) is 5.84. The minimum Gasteiger partial charge on any atom is -0.303 e. The van der Waals surface area contributed by atoms with Gasteiger partial charge in [0.1, 0.15) is 4.75 Å². The molecule has 0 aromatic rings. The van der Waals surface area contributed by atoms with Crippen molar-refractivity contribution in [2.24, 2.45) is 5.92 Å². The van der Waals surface area contributed by atoms with Crippen molar-refractivity contribution in [3.63, 3.8) is 0 Å². The van der Waals surface area contributed by atoms with Crippen molar-refractivity contribution in [3.8, 4) is 6.07 Å². The molecule has 1 heterocycles. The molecule has 1 rings (SSSR count). The molecule has 15 heavy (non-hydrogen) atoms. The van der Waals surface area contributed by atoms with Gasteiger partial charge >= 0.3 is 0 Å². The molecule has 0 N–H and O–H groups in total. The molecular formula is C12H22N2S. The average Bonchev–Trinajstić information content (AvgIpc) is 2.30. The lowest BCUT2D eigenvalue weighted by Gasteiger charge is -2.37. The first kappa shape index (κ1) is 12.9. The number of nitriles is 1. The maximum atomic E-state index is 9.17. The molecule has 0 saturated carbocycles. The Morgan fingerprint density at radius 3 is 2.47 bits per heavy atom. The lowest BCUT2D eigenvalue weighted by Crippen LogP contribution is -2.43. The van der Waals surface area contributed by atoms with Gasteiger partial charge in [-0.05, 0) is 25.0 Å². The predicted octanol–water partition coefficient (Wildman–Crippen LogP) is 2.75. The van der Waals surface area contributed by atoms with Crippen molar-refractivity contribution in [3.05, 3.63) is 0 Å². The highest BCUT2D eigenvalue weighted by Gasteiger charge is 2.33. The maximum Gasteiger partial charge on any atom is 0.104 e. The number of nitrogens with zero attached hydrogens (tertiary/aromatic N) is 2. The molecule has 2 nitrogen and oxygen atoms in total. The molecular weight excluding hydrogens is 204 g/mol. The summed E-state index contributed by atoms with van der Waals surface area (Å²) in [5.74, 6) is 0.786. The van der Waals surface area contributed by atoms with E-state index in [2.05, 4.69) is 31.1 Å². The van der Waals surface area contributed by atoms with E-state index in [1.807, 2.05) is 0 Å². The highest BCUT2D eigenvalue weighted by atomic mass is 32.2. The number of hydrogen-bond acceptors (Lipinski definition) is 3. The summed E-state index contributed by atoms with van der Waals surface area (Å²) in [5, 5.41) is 9.17. The van der Waals surface area contributed by atoms with E-state index in [0.29, 0.717) is 0 Å². The number of likely N-dealkylation sites (tertiary alicyclic amines) is 1. The quantitative estimate of drug-likeness (QED) is 0.737. The Balaban J connectivity index is 2.39. The normalized spacial score (nSPS) is 23.3. The minimum absolute atomic E-state index is 0.0913. The Labute approximate surface area is 98.0 Å². The van der Waals surface area contributed by atoms with E-state index >= 15 is 0 Å². The molecule has 0 spiro atoms. The largest absolute Gasteiger partial charge is 0.303 e. The fourth-order valence-corrected chi connectivity index (χ4v) is 2.71. The van der Waals surface area contributed by atoms with Crippen molar-refractivity contribution >= 4 is 11.8 Å². The van der Waals surface area contributed by atoms with Gasteiger partial charge in [0.05, 0.1) is 6.07 Å². The standard InChI is InChI=1S/C12H22N2S/c1-4-11(2)9-14-7-5-12(10-13,15-3)6-8-14/h11H,4-9H2,1-3H3. The van der Waals surface area contributed by atoms with Gasteiger partial charge in [-0.3, -0.25) is 0 Å². The highest BCUT2D eigenvalue weighted by Crippen LogP contribution is 2.33. The van der Waals surface area contributed by atoms with E-state index in [0.717, 1.165) is 31.8 Å². The summed E-state index contributed by atoms with van der Waals surface area (Å²) in [6.45, 7) is 7.95. The van der Waals surface area contributed by atoms with E-state index in [4.69, 9.17) is 5.26 Å². The second kappa shape index (κ2) is 5.77. The molecule has 1 aliphatic rings. The van der Waals surface area contributed by atoms with Crippen LogP contribution in [0.15, 0.2) is 0 Å². The van der Waals surface area contributed by atoms with Crippen LogP contribution in [0.1, 0.15) is 33.1 Å². The van der Waals surface area contributed by atoms with Crippen LogP contribution in [0.25, 0.3) is 0 Å². The van der Waals surface area contributed by atoms with E-state index < -0.39 is 0 Å². The van der Waals surface area contributed by atoms with E-state index in [9.17, 15) is 0 Å². The summed E-state index contributed by atoms with van der Waals surface area (Å²) in [6.07, 6.45) is 5.37. The van der Waals surface area contributed by atoms with Crippen LogP contribution in [-0.2, 0) is 0 Å². The topological polar surface area (TPSA) is 27.0 Å². The van der Waals surface area contributed by atoms with E-state index in [-0.39, 0.29) is 4.75 Å². The highest BCUT2D eigenvalue weighted by molar-refractivity contribution is 8.00. The zero-order valence-electron chi connectivity index (χ0n) is 10.1. The number of hydrogen-bond donors (Lipinski definition) is 0. The third kappa shape index (κ3) is 3.39. The molecule has 0 radical (unpaired) electrons. The van der Waals surface area contributed by atoms with Gasteiger partial charge in [-0.1, -0.05) is 20.3 Å². The predicted molar refractivity (Wildman–Crippen MR) is 67.0 cm³/mol. The Morgan fingerprint density at radius 1 is 1.47 bits per heavy atom. The Kier molecular flexibility index (Phi) is 4.95. The van der Waals surface area contributed by atoms with Crippen molar-refractivity contribution in [2.45, 2.75) is 37.9 Å². The minimum atomic E-state index is -0.0913. The first-order chi connectivity index (χ1) is 7.15. The van der Waals surface area contributed by atoms with Crippen molar-refractivity contribution in [2.75, 3.05) is 25.9 Å². The molecule has 1 saturated heterocycles. The smallest absolute Gasteiger partial charge is 0.104 e. The third-order valence-corrected chi connectivity index (χ3v) is 4.81. The molecule has 0 amide bonds. The fourth-order valence-electron chi connectivity index (χ4n) is 2.03. The summed E-state index contributed by atoms with van der Waals surface area (Å²) >= 11 is 1.73. The second-order valence-electron chi connectivity index (χ2n) is 4.62. The van der Waals surface area contributed by atoms with Crippen molar-refractivity contribution < 1.29 is 0 Å². The van der Waals surface area contributed by atoms with Crippen LogP contribution in [0.3, 0.4) is 0 Å². The summed E-state index contributed by atoms with van der Waals surface area (Å²) in [7, 11) is 0. The summed E-state index contributed by atoms with van der Waals surface area (Å²) in [5.41, 5.74) is 0. The number of piperidine rings is 1. The van der Waals surface area contributed by atoms with Crippen LogP contribution in [-0.4, -0.2) is 35.5 Å². The Hall–Kier alpha value is -0.200. The van der Waals surface area contributed by atoms with Crippen LogP contribution < -0.4 is 0 Å². The molecule has 3 heteroatoms. The molecule has 1 fully saturated rings.